The molecule has 0 spiro atoms. The standard InChI is InChI=1S/C18H23N3O2/c1-12(2)17-20-15-10-6-5-9-14(15)18(23)21(17)11-16(22)19-13-7-3-4-8-13/h5-6,9-10,12-13H,3-4,7-8,11H2,1-2H3,(H,19,22). The number of carbonyl (C=O) groups excluding carboxylic acids is 1. The van der Waals surface area contributed by atoms with Gasteiger partial charge in [0.2, 0.25) is 5.91 Å². The molecule has 1 aliphatic rings. The Morgan fingerprint density at radius 2 is 2.00 bits per heavy atom. The minimum Gasteiger partial charge on any atom is -0.352 e. The monoisotopic (exact) mass is 313 g/mol. The zero-order valence-corrected chi connectivity index (χ0v) is 13.7. The molecule has 2 aromatic rings. The molecule has 3 rings (SSSR count). The molecular weight excluding hydrogens is 290 g/mol. The first-order valence-corrected chi connectivity index (χ1v) is 8.35. The number of amides is 1. The SMILES string of the molecule is CC(C)c1nc2ccccc2c(=O)n1CC(=O)NC1CCCC1. The fourth-order valence-electron chi connectivity index (χ4n) is 3.27. The van der Waals surface area contributed by atoms with E-state index >= 15 is 0 Å². The van der Waals surface area contributed by atoms with Crippen LogP contribution in [0.1, 0.15) is 51.3 Å². The average Bonchev–Trinajstić information content (AvgIpc) is 3.02. The molecule has 0 saturated heterocycles. The van der Waals surface area contributed by atoms with Crippen molar-refractivity contribution < 1.29 is 4.79 Å². The Hall–Kier alpha value is -2.17. The average molecular weight is 313 g/mol. The number of hydrogen-bond acceptors (Lipinski definition) is 3. The van der Waals surface area contributed by atoms with Gasteiger partial charge in [0.05, 0.1) is 10.9 Å². The predicted octanol–water partition coefficient (Wildman–Crippen LogP) is 2.58. The fourth-order valence-corrected chi connectivity index (χ4v) is 3.27. The summed E-state index contributed by atoms with van der Waals surface area (Å²) < 4.78 is 1.53. The molecule has 5 nitrogen and oxygen atoms in total. The predicted molar refractivity (Wildman–Crippen MR) is 90.5 cm³/mol. The lowest BCUT2D eigenvalue weighted by molar-refractivity contribution is -0.122. The van der Waals surface area contributed by atoms with E-state index in [1.807, 2.05) is 32.0 Å². The van der Waals surface area contributed by atoms with Gasteiger partial charge in [-0.25, -0.2) is 4.98 Å². The van der Waals surface area contributed by atoms with E-state index in [9.17, 15) is 9.59 Å². The fraction of sp³-hybridized carbons (Fsp3) is 0.500. The molecule has 0 radical (unpaired) electrons. The van der Waals surface area contributed by atoms with Gasteiger partial charge in [-0.15, -0.1) is 0 Å². The number of fused-ring (bicyclic) bond motifs is 1. The minimum atomic E-state index is -0.138. The number of rotatable bonds is 4. The van der Waals surface area contributed by atoms with Crippen LogP contribution in [0.5, 0.6) is 0 Å². The number of nitrogens with one attached hydrogen (secondary N) is 1. The van der Waals surface area contributed by atoms with Crippen molar-refractivity contribution in [3.8, 4) is 0 Å². The van der Waals surface area contributed by atoms with E-state index in [1.54, 1.807) is 6.07 Å². The molecule has 1 saturated carbocycles. The van der Waals surface area contributed by atoms with Crippen molar-refractivity contribution in [2.45, 2.75) is 58.0 Å². The molecule has 1 fully saturated rings. The minimum absolute atomic E-state index is 0.0423. The zero-order chi connectivity index (χ0) is 16.4. The molecule has 122 valence electrons. The lowest BCUT2D eigenvalue weighted by Crippen LogP contribution is -2.39. The molecule has 5 heteroatoms. The maximum atomic E-state index is 12.8. The van der Waals surface area contributed by atoms with E-state index in [2.05, 4.69) is 10.3 Å². The molecule has 0 unspecified atom stereocenters. The molecule has 1 N–H and O–H groups in total. The molecule has 0 atom stereocenters. The summed E-state index contributed by atoms with van der Waals surface area (Å²) in [6, 6.07) is 7.56. The number of para-hydroxylation sites is 1. The van der Waals surface area contributed by atoms with Crippen LogP contribution >= 0.6 is 0 Å². The third kappa shape index (κ3) is 3.28. The summed E-state index contributed by atoms with van der Waals surface area (Å²) in [7, 11) is 0. The van der Waals surface area contributed by atoms with Crippen LogP contribution in [-0.4, -0.2) is 21.5 Å². The summed E-state index contributed by atoms with van der Waals surface area (Å²) in [6.07, 6.45) is 4.40. The largest absolute Gasteiger partial charge is 0.352 e. The first-order valence-electron chi connectivity index (χ1n) is 8.35. The number of aromatic nitrogens is 2. The van der Waals surface area contributed by atoms with Crippen LogP contribution in [-0.2, 0) is 11.3 Å². The summed E-state index contributed by atoms with van der Waals surface area (Å²) in [6.45, 7) is 4.02. The quantitative estimate of drug-likeness (QED) is 0.943. The smallest absolute Gasteiger partial charge is 0.261 e. The highest BCUT2D eigenvalue weighted by atomic mass is 16.2. The van der Waals surface area contributed by atoms with E-state index in [0.29, 0.717) is 16.7 Å². The molecule has 1 aromatic carbocycles. The van der Waals surface area contributed by atoms with Crippen LogP contribution in [0, 0.1) is 0 Å². The van der Waals surface area contributed by atoms with Gasteiger partial charge in [0.25, 0.3) is 5.56 Å². The molecule has 1 aliphatic carbocycles. The van der Waals surface area contributed by atoms with E-state index < -0.39 is 0 Å². The molecule has 1 heterocycles. The van der Waals surface area contributed by atoms with Crippen molar-refractivity contribution in [1.82, 2.24) is 14.9 Å². The molecular formula is C18H23N3O2. The van der Waals surface area contributed by atoms with Gasteiger partial charge in [-0.1, -0.05) is 38.8 Å². The van der Waals surface area contributed by atoms with Crippen molar-refractivity contribution in [3.63, 3.8) is 0 Å². The number of hydrogen-bond donors (Lipinski definition) is 1. The first kappa shape index (κ1) is 15.7. The van der Waals surface area contributed by atoms with Crippen molar-refractivity contribution in [2.75, 3.05) is 0 Å². The van der Waals surface area contributed by atoms with Gasteiger partial charge in [0.15, 0.2) is 0 Å². The van der Waals surface area contributed by atoms with Gasteiger partial charge >= 0.3 is 0 Å². The third-order valence-corrected chi connectivity index (χ3v) is 4.43. The van der Waals surface area contributed by atoms with Gasteiger partial charge in [0.1, 0.15) is 12.4 Å². The lowest BCUT2D eigenvalue weighted by atomic mass is 10.1. The summed E-state index contributed by atoms with van der Waals surface area (Å²) >= 11 is 0. The maximum Gasteiger partial charge on any atom is 0.261 e. The Morgan fingerprint density at radius 1 is 1.30 bits per heavy atom. The molecule has 1 amide bonds. The highest BCUT2D eigenvalue weighted by Crippen LogP contribution is 2.18. The Morgan fingerprint density at radius 3 is 2.70 bits per heavy atom. The van der Waals surface area contributed by atoms with Gasteiger partial charge in [-0.3, -0.25) is 14.2 Å². The highest BCUT2D eigenvalue weighted by Gasteiger charge is 2.20. The van der Waals surface area contributed by atoms with Crippen molar-refractivity contribution in [2.24, 2.45) is 0 Å². The normalized spacial score (nSPS) is 15.4. The van der Waals surface area contributed by atoms with Crippen LogP contribution in [0.15, 0.2) is 29.1 Å². The van der Waals surface area contributed by atoms with E-state index in [1.165, 1.54) is 17.4 Å². The topological polar surface area (TPSA) is 64.0 Å². The van der Waals surface area contributed by atoms with Crippen LogP contribution in [0.25, 0.3) is 10.9 Å². The summed E-state index contributed by atoms with van der Waals surface area (Å²) in [5.74, 6) is 0.639. The summed E-state index contributed by atoms with van der Waals surface area (Å²) in [5, 5.41) is 3.60. The van der Waals surface area contributed by atoms with E-state index in [4.69, 9.17) is 0 Å². The van der Waals surface area contributed by atoms with Gasteiger partial charge < -0.3 is 5.32 Å². The van der Waals surface area contributed by atoms with E-state index in [0.717, 1.165) is 12.8 Å². The second-order valence-corrected chi connectivity index (χ2v) is 6.58. The summed E-state index contributed by atoms with van der Waals surface area (Å²) in [5.41, 5.74) is 0.550. The zero-order valence-electron chi connectivity index (χ0n) is 13.7. The first-order chi connectivity index (χ1) is 11.1. The van der Waals surface area contributed by atoms with Gasteiger partial charge in [-0.05, 0) is 25.0 Å². The van der Waals surface area contributed by atoms with Gasteiger partial charge in [-0.2, -0.15) is 0 Å². The Bertz CT molecular complexity index is 773. The molecule has 1 aromatic heterocycles. The van der Waals surface area contributed by atoms with Crippen LogP contribution in [0.3, 0.4) is 0 Å². The van der Waals surface area contributed by atoms with Crippen molar-refractivity contribution >= 4 is 16.8 Å². The third-order valence-electron chi connectivity index (χ3n) is 4.43. The van der Waals surface area contributed by atoms with Crippen LogP contribution < -0.4 is 10.9 Å². The number of nitrogens with zero attached hydrogens (tertiary/aromatic N) is 2. The lowest BCUT2D eigenvalue weighted by Gasteiger charge is -2.17. The Balaban J connectivity index is 1.94. The van der Waals surface area contributed by atoms with Gasteiger partial charge in [0, 0.05) is 12.0 Å². The maximum absolute atomic E-state index is 12.8. The summed E-state index contributed by atoms with van der Waals surface area (Å²) in [4.78, 5) is 29.7. The van der Waals surface area contributed by atoms with Crippen molar-refractivity contribution in [1.29, 1.82) is 0 Å². The number of carbonyl (C=O) groups is 1. The van der Waals surface area contributed by atoms with Crippen molar-refractivity contribution in [3.05, 3.63) is 40.4 Å². The Labute approximate surface area is 135 Å². The number of benzene rings is 1. The Kier molecular flexibility index (Phi) is 4.46. The second-order valence-electron chi connectivity index (χ2n) is 6.58. The van der Waals surface area contributed by atoms with E-state index in [-0.39, 0.29) is 30.0 Å². The molecule has 0 aliphatic heterocycles. The van der Waals surface area contributed by atoms with Crippen LogP contribution in [0.2, 0.25) is 0 Å². The highest BCUT2D eigenvalue weighted by molar-refractivity contribution is 5.79. The van der Waals surface area contributed by atoms with Crippen LogP contribution in [0.4, 0.5) is 0 Å². The molecule has 0 bridgehead atoms. The second kappa shape index (κ2) is 6.52. The molecule has 23 heavy (non-hydrogen) atoms.